The Morgan fingerprint density at radius 1 is 0.264 bits per heavy atom. The first-order valence-corrected chi connectivity index (χ1v) is 25.1. The predicted molar refractivity (Wildman–Crippen MR) is 302 cm³/mol. The Hall–Kier alpha value is -8.98. The molecule has 13 rings (SSSR count). The Kier molecular flexibility index (Phi) is 10.4. The van der Waals surface area contributed by atoms with E-state index in [-0.39, 0.29) is 5.41 Å². The van der Waals surface area contributed by atoms with Crippen molar-refractivity contribution in [1.82, 2.24) is 0 Å². The lowest BCUT2D eigenvalue weighted by Gasteiger charge is -2.35. The molecule has 0 amide bonds. The molecule has 0 unspecified atom stereocenters. The largest absolute Gasteiger partial charge is 0.310 e. The molecule has 342 valence electrons. The lowest BCUT2D eigenvalue weighted by atomic mass is 9.67. The van der Waals surface area contributed by atoms with Crippen LogP contribution < -0.4 is 9.80 Å². The highest BCUT2D eigenvalue weighted by atomic mass is 15.2. The first-order valence-electron chi connectivity index (χ1n) is 25.1. The van der Waals surface area contributed by atoms with Crippen molar-refractivity contribution in [2.75, 3.05) is 9.80 Å². The normalized spacial score (nSPS) is 13.4. The number of benzene rings is 11. The fourth-order valence-corrected chi connectivity index (χ4v) is 12.1. The van der Waals surface area contributed by atoms with Gasteiger partial charge in [0.05, 0.1) is 16.8 Å². The topological polar surface area (TPSA) is 6.48 Å². The maximum absolute atomic E-state index is 2.51. The van der Waals surface area contributed by atoms with Crippen molar-refractivity contribution in [3.63, 3.8) is 0 Å². The van der Waals surface area contributed by atoms with Crippen LogP contribution >= 0.6 is 0 Å². The van der Waals surface area contributed by atoms with Crippen molar-refractivity contribution in [2.24, 2.45) is 0 Å². The van der Waals surface area contributed by atoms with E-state index >= 15 is 0 Å². The van der Waals surface area contributed by atoms with Crippen molar-refractivity contribution < 1.29 is 0 Å². The van der Waals surface area contributed by atoms with Gasteiger partial charge in [0.25, 0.3) is 0 Å². The lowest BCUT2D eigenvalue weighted by molar-refractivity contribution is 0.660. The third-order valence-corrected chi connectivity index (χ3v) is 15.3. The predicted octanol–water partition coefficient (Wildman–Crippen LogP) is 18.6. The number of nitrogens with zero attached hydrogens (tertiary/aromatic N) is 2. The summed E-state index contributed by atoms with van der Waals surface area (Å²) >= 11 is 0. The molecular formula is C70H52N2. The standard InChI is InChI=1S/C70H52N2/c1-69(2)62-37-16-14-36-61(62)68-65(69)40-22-42-67(68)72(66-41-19-15-33-58(66)51-25-8-4-9-26-51)57-32-21-31-56(48-57)71(54-45-43-50(44-46-54)49-23-6-3-7-24-49)55-30-20-29-53(47-55)70(52-27-10-5-11-28-52)63-38-17-12-34-59(63)60-35-13-18-39-64(60)70/h3-48H,1-2H3. The van der Waals surface area contributed by atoms with Crippen LogP contribution in [-0.4, -0.2) is 0 Å². The van der Waals surface area contributed by atoms with Crippen molar-refractivity contribution in [2.45, 2.75) is 24.7 Å². The molecule has 2 aliphatic carbocycles. The Labute approximate surface area is 423 Å². The van der Waals surface area contributed by atoms with E-state index in [1.165, 1.54) is 72.3 Å². The fraction of sp³-hybridized carbons (Fsp3) is 0.0571. The Bertz CT molecular complexity index is 3730. The number of rotatable bonds is 10. The maximum Gasteiger partial charge on any atom is 0.0714 e. The lowest BCUT2D eigenvalue weighted by Crippen LogP contribution is -2.28. The highest BCUT2D eigenvalue weighted by Gasteiger charge is 2.46. The molecule has 11 aromatic rings. The van der Waals surface area contributed by atoms with Gasteiger partial charge in [-0.15, -0.1) is 0 Å². The first kappa shape index (κ1) is 43.1. The van der Waals surface area contributed by atoms with E-state index < -0.39 is 5.41 Å². The van der Waals surface area contributed by atoms with E-state index in [2.05, 4.69) is 303 Å². The van der Waals surface area contributed by atoms with E-state index in [1.54, 1.807) is 0 Å². The van der Waals surface area contributed by atoms with Crippen LogP contribution in [0.2, 0.25) is 0 Å². The number of para-hydroxylation sites is 1. The summed E-state index contributed by atoms with van der Waals surface area (Å²) in [5.74, 6) is 0. The summed E-state index contributed by atoms with van der Waals surface area (Å²) in [6.07, 6.45) is 0. The molecule has 0 heterocycles. The van der Waals surface area contributed by atoms with Gasteiger partial charge in [-0.2, -0.15) is 0 Å². The van der Waals surface area contributed by atoms with E-state index in [9.17, 15) is 0 Å². The van der Waals surface area contributed by atoms with Gasteiger partial charge in [0.15, 0.2) is 0 Å². The third kappa shape index (κ3) is 6.86. The zero-order valence-corrected chi connectivity index (χ0v) is 40.5. The van der Waals surface area contributed by atoms with E-state index in [4.69, 9.17) is 0 Å². The summed E-state index contributed by atoms with van der Waals surface area (Å²) in [6.45, 7) is 4.73. The van der Waals surface area contributed by atoms with Crippen molar-refractivity contribution in [3.8, 4) is 44.5 Å². The van der Waals surface area contributed by atoms with Crippen LogP contribution in [0.25, 0.3) is 44.5 Å². The second-order valence-electron chi connectivity index (χ2n) is 19.6. The molecule has 0 radical (unpaired) electrons. The molecule has 0 aromatic heterocycles. The average molecular weight is 921 g/mol. The van der Waals surface area contributed by atoms with E-state index in [0.29, 0.717) is 0 Å². The van der Waals surface area contributed by atoms with Crippen molar-refractivity contribution in [3.05, 3.63) is 312 Å². The Morgan fingerprint density at radius 2 is 0.708 bits per heavy atom. The van der Waals surface area contributed by atoms with Gasteiger partial charge in [-0.25, -0.2) is 0 Å². The summed E-state index contributed by atoms with van der Waals surface area (Å²) in [5.41, 5.74) is 23.3. The summed E-state index contributed by atoms with van der Waals surface area (Å²) in [4.78, 5) is 4.95. The zero-order valence-electron chi connectivity index (χ0n) is 40.5. The van der Waals surface area contributed by atoms with E-state index in [1.807, 2.05) is 0 Å². The van der Waals surface area contributed by atoms with Gasteiger partial charge in [-0.1, -0.05) is 238 Å². The van der Waals surface area contributed by atoms with Crippen LogP contribution in [-0.2, 0) is 10.8 Å². The summed E-state index contributed by atoms with van der Waals surface area (Å²) < 4.78 is 0. The molecule has 0 saturated carbocycles. The molecule has 2 heteroatoms. The summed E-state index contributed by atoms with van der Waals surface area (Å²) in [7, 11) is 0. The molecule has 72 heavy (non-hydrogen) atoms. The molecular weight excluding hydrogens is 869 g/mol. The van der Waals surface area contributed by atoms with Gasteiger partial charge in [0.1, 0.15) is 0 Å². The molecule has 0 fully saturated rings. The molecule has 0 aliphatic heterocycles. The highest BCUT2D eigenvalue weighted by molar-refractivity contribution is 5.98. The third-order valence-electron chi connectivity index (χ3n) is 15.3. The molecule has 0 spiro atoms. The monoisotopic (exact) mass is 920 g/mol. The van der Waals surface area contributed by atoms with Crippen LogP contribution in [0.15, 0.2) is 279 Å². The van der Waals surface area contributed by atoms with Crippen LogP contribution in [0.4, 0.5) is 34.1 Å². The Balaban J connectivity index is 1.04. The average Bonchev–Trinajstić information content (AvgIpc) is 3.88. The molecule has 0 bridgehead atoms. The van der Waals surface area contributed by atoms with Crippen molar-refractivity contribution >= 4 is 34.1 Å². The minimum atomic E-state index is -0.551. The fourth-order valence-electron chi connectivity index (χ4n) is 12.1. The number of anilines is 6. The summed E-state index contributed by atoms with van der Waals surface area (Å²) in [5, 5.41) is 0. The van der Waals surface area contributed by atoms with Gasteiger partial charge < -0.3 is 9.80 Å². The van der Waals surface area contributed by atoms with Gasteiger partial charge in [0.2, 0.25) is 0 Å². The van der Waals surface area contributed by atoms with Gasteiger partial charge in [-0.3, -0.25) is 0 Å². The number of hydrogen-bond acceptors (Lipinski definition) is 2. The molecule has 0 N–H and O–H groups in total. The minimum Gasteiger partial charge on any atom is -0.310 e. The van der Waals surface area contributed by atoms with Gasteiger partial charge in [-0.05, 0) is 121 Å². The van der Waals surface area contributed by atoms with Crippen LogP contribution in [0.1, 0.15) is 47.2 Å². The minimum absolute atomic E-state index is 0.167. The molecule has 0 atom stereocenters. The first-order chi connectivity index (χ1) is 35.5. The highest BCUT2D eigenvalue weighted by Crippen LogP contribution is 2.58. The molecule has 2 aliphatic rings. The molecule has 11 aromatic carbocycles. The maximum atomic E-state index is 2.51. The van der Waals surface area contributed by atoms with E-state index in [0.717, 1.165) is 39.7 Å². The molecule has 2 nitrogen and oxygen atoms in total. The van der Waals surface area contributed by atoms with Crippen LogP contribution in [0, 0.1) is 0 Å². The Morgan fingerprint density at radius 3 is 1.38 bits per heavy atom. The van der Waals surface area contributed by atoms with Crippen LogP contribution in [0.5, 0.6) is 0 Å². The smallest absolute Gasteiger partial charge is 0.0714 e. The second kappa shape index (κ2) is 17.5. The van der Waals surface area contributed by atoms with Crippen LogP contribution in [0.3, 0.4) is 0 Å². The second-order valence-corrected chi connectivity index (χ2v) is 19.6. The summed E-state index contributed by atoms with van der Waals surface area (Å²) in [6, 6.07) is 103. The zero-order chi connectivity index (χ0) is 48.2. The van der Waals surface area contributed by atoms with Gasteiger partial charge >= 0.3 is 0 Å². The van der Waals surface area contributed by atoms with Gasteiger partial charge in [0, 0.05) is 39.3 Å². The number of fused-ring (bicyclic) bond motifs is 6. The van der Waals surface area contributed by atoms with Crippen molar-refractivity contribution in [1.29, 1.82) is 0 Å². The SMILES string of the molecule is CC1(C)c2ccccc2-c2c(N(c3cccc(N(c4ccc(-c5ccccc5)cc4)c4cccc(C5(c6ccccc6)c6ccccc6-c6ccccc65)c4)c3)c3ccccc3-c3ccccc3)cccc21. The molecule has 0 saturated heterocycles. The quantitative estimate of drug-likeness (QED) is 0.135. The number of hydrogen-bond donors (Lipinski definition) is 0.